The van der Waals surface area contributed by atoms with Crippen molar-refractivity contribution in [1.29, 1.82) is 5.41 Å². The molecule has 0 radical (unpaired) electrons. The van der Waals surface area contributed by atoms with Crippen molar-refractivity contribution < 1.29 is 9.53 Å². The van der Waals surface area contributed by atoms with Crippen LogP contribution < -0.4 is 15.8 Å². The average molecular weight is 459 g/mol. The predicted octanol–water partition coefficient (Wildman–Crippen LogP) is 3.01. The Morgan fingerprint density at radius 3 is 2.26 bits per heavy atom. The smallest absolute Gasteiger partial charge is 0.252 e. The average Bonchev–Trinajstić information content (AvgIpc) is 3.51. The molecule has 1 amide bonds. The van der Waals surface area contributed by atoms with Crippen LogP contribution >= 0.6 is 0 Å². The van der Waals surface area contributed by atoms with Gasteiger partial charge in [-0.3, -0.25) is 13.9 Å². The molecule has 0 saturated heterocycles. The molecular formula is C24H26N8O2. The lowest BCUT2D eigenvalue weighted by Gasteiger charge is -2.27. The second kappa shape index (κ2) is 9.18. The Balaban J connectivity index is 1.56. The fourth-order valence-electron chi connectivity index (χ4n) is 3.43. The highest BCUT2D eigenvalue weighted by molar-refractivity contribution is 6.03. The molecule has 4 N–H and O–H groups in total. The van der Waals surface area contributed by atoms with Crippen molar-refractivity contribution in [2.45, 2.75) is 26.3 Å². The van der Waals surface area contributed by atoms with E-state index in [1.165, 1.54) is 0 Å². The molecule has 174 valence electrons. The minimum Gasteiger partial charge on any atom is -0.490 e. The summed E-state index contributed by atoms with van der Waals surface area (Å²) in [5.41, 5.74) is 7.06. The van der Waals surface area contributed by atoms with E-state index >= 15 is 0 Å². The normalized spacial score (nSPS) is 11.3. The Labute approximate surface area is 197 Å². The molecular weight excluding hydrogens is 432 g/mol. The van der Waals surface area contributed by atoms with E-state index in [9.17, 15) is 4.79 Å². The molecule has 0 spiro atoms. The maximum Gasteiger partial charge on any atom is 0.252 e. The monoisotopic (exact) mass is 458 g/mol. The zero-order valence-electron chi connectivity index (χ0n) is 19.2. The second-order valence-corrected chi connectivity index (χ2v) is 8.48. The Morgan fingerprint density at radius 1 is 1.12 bits per heavy atom. The van der Waals surface area contributed by atoms with Gasteiger partial charge >= 0.3 is 0 Å². The van der Waals surface area contributed by atoms with E-state index in [1.54, 1.807) is 83.8 Å². The van der Waals surface area contributed by atoms with Crippen LogP contribution in [0.3, 0.4) is 0 Å². The number of rotatable bonds is 8. The predicted molar refractivity (Wildman–Crippen MR) is 129 cm³/mol. The van der Waals surface area contributed by atoms with Crippen molar-refractivity contribution in [1.82, 2.24) is 29.4 Å². The summed E-state index contributed by atoms with van der Waals surface area (Å²) in [5, 5.41) is 11.0. The summed E-state index contributed by atoms with van der Waals surface area (Å²) in [6, 6.07) is 8.66. The van der Waals surface area contributed by atoms with Gasteiger partial charge in [0, 0.05) is 41.7 Å². The number of nitrogen functional groups attached to an aromatic ring is 1. The lowest BCUT2D eigenvalue weighted by atomic mass is 10.0. The number of carbonyl (C=O) groups excluding carboxylic acids is 1. The largest absolute Gasteiger partial charge is 0.490 e. The van der Waals surface area contributed by atoms with E-state index in [4.69, 9.17) is 15.9 Å². The van der Waals surface area contributed by atoms with Crippen molar-refractivity contribution in [2.75, 3.05) is 12.3 Å². The van der Waals surface area contributed by atoms with Crippen molar-refractivity contribution >= 4 is 17.3 Å². The third kappa shape index (κ3) is 4.96. The van der Waals surface area contributed by atoms with E-state index in [2.05, 4.69) is 20.3 Å². The summed E-state index contributed by atoms with van der Waals surface area (Å²) in [5.74, 6) is 1.32. The number of pyridine rings is 1. The molecule has 4 rings (SSSR count). The van der Waals surface area contributed by atoms with E-state index in [0.717, 1.165) is 0 Å². The summed E-state index contributed by atoms with van der Waals surface area (Å²) in [6.07, 6.45) is 10.0. The molecule has 3 aromatic heterocycles. The number of benzene rings is 1. The van der Waals surface area contributed by atoms with Crippen LogP contribution in [0.15, 0.2) is 67.8 Å². The molecule has 3 heterocycles. The summed E-state index contributed by atoms with van der Waals surface area (Å²) in [7, 11) is 0. The minimum atomic E-state index is -0.720. The molecule has 0 bridgehead atoms. The molecule has 0 fully saturated rings. The SMILES string of the molecule is CC(=N)c1c(N)cccc1OCC(C)(C)NC(=O)c1cc(-n2ccnc2)nc(-n2ccnc2)c1. The summed E-state index contributed by atoms with van der Waals surface area (Å²) in [4.78, 5) is 26.0. The van der Waals surface area contributed by atoms with Crippen LogP contribution in [-0.2, 0) is 0 Å². The lowest BCUT2D eigenvalue weighted by molar-refractivity contribution is 0.0880. The number of nitrogens with one attached hydrogen (secondary N) is 2. The van der Waals surface area contributed by atoms with Crippen molar-refractivity contribution in [2.24, 2.45) is 0 Å². The van der Waals surface area contributed by atoms with Crippen LogP contribution in [0.2, 0.25) is 0 Å². The van der Waals surface area contributed by atoms with Gasteiger partial charge in [-0.1, -0.05) is 6.07 Å². The molecule has 10 heteroatoms. The van der Waals surface area contributed by atoms with Crippen molar-refractivity contribution in [3.05, 3.63) is 78.9 Å². The summed E-state index contributed by atoms with van der Waals surface area (Å²) < 4.78 is 9.43. The van der Waals surface area contributed by atoms with Crippen molar-refractivity contribution in [3.8, 4) is 17.4 Å². The number of nitrogens with zero attached hydrogens (tertiary/aromatic N) is 5. The van der Waals surface area contributed by atoms with Crippen LogP contribution in [0.25, 0.3) is 11.6 Å². The first-order chi connectivity index (χ1) is 16.2. The highest BCUT2D eigenvalue weighted by Crippen LogP contribution is 2.26. The van der Waals surface area contributed by atoms with Gasteiger partial charge < -0.3 is 21.2 Å². The van der Waals surface area contributed by atoms with Gasteiger partial charge in [-0.25, -0.2) is 15.0 Å². The standard InChI is InChI=1S/C24H26N8O2/c1-16(25)22-18(26)5-4-6-19(22)34-13-24(2,3)30-23(33)17-11-20(31-9-7-27-14-31)29-21(12-17)32-10-8-28-15-32/h4-12,14-15,25H,13,26H2,1-3H3,(H,30,33). The topological polar surface area (TPSA) is 137 Å². The van der Waals surface area contributed by atoms with Crippen LogP contribution in [-0.4, -0.2) is 47.9 Å². The second-order valence-electron chi connectivity index (χ2n) is 8.48. The van der Waals surface area contributed by atoms with E-state index in [1.807, 2.05) is 13.8 Å². The van der Waals surface area contributed by atoms with Crippen molar-refractivity contribution in [3.63, 3.8) is 0 Å². The number of amides is 1. The highest BCUT2D eigenvalue weighted by Gasteiger charge is 2.24. The fraction of sp³-hybridized carbons (Fsp3) is 0.208. The van der Waals surface area contributed by atoms with Gasteiger partial charge in [0.05, 0.1) is 11.1 Å². The zero-order valence-corrected chi connectivity index (χ0v) is 19.2. The molecule has 0 aliphatic heterocycles. The molecule has 0 atom stereocenters. The molecule has 34 heavy (non-hydrogen) atoms. The number of anilines is 1. The molecule has 4 aromatic rings. The lowest BCUT2D eigenvalue weighted by Crippen LogP contribution is -2.48. The fourth-order valence-corrected chi connectivity index (χ4v) is 3.43. The Morgan fingerprint density at radius 2 is 1.74 bits per heavy atom. The Kier molecular flexibility index (Phi) is 6.13. The van der Waals surface area contributed by atoms with Gasteiger partial charge in [-0.15, -0.1) is 0 Å². The molecule has 10 nitrogen and oxygen atoms in total. The molecule has 1 aromatic carbocycles. The number of ether oxygens (including phenoxy) is 1. The van der Waals surface area contributed by atoms with Gasteiger partial charge in [-0.05, 0) is 45.0 Å². The quantitative estimate of drug-likeness (QED) is 0.274. The summed E-state index contributed by atoms with van der Waals surface area (Å²) >= 11 is 0. The molecule has 0 aliphatic carbocycles. The van der Waals surface area contributed by atoms with Crippen LogP contribution in [0.4, 0.5) is 5.69 Å². The van der Waals surface area contributed by atoms with Gasteiger partial charge in [-0.2, -0.15) is 0 Å². The zero-order chi connectivity index (χ0) is 24.3. The molecule has 0 unspecified atom stereocenters. The Bertz CT molecular complexity index is 1260. The minimum absolute atomic E-state index is 0.177. The molecule has 0 aliphatic rings. The summed E-state index contributed by atoms with van der Waals surface area (Å²) in [6.45, 7) is 5.56. The Hall–Kier alpha value is -4.47. The third-order valence-corrected chi connectivity index (χ3v) is 5.07. The molecule has 0 saturated carbocycles. The highest BCUT2D eigenvalue weighted by atomic mass is 16.5. The maximum atomic E-state index is 13.2. The number of nitrogens with two attached hydrogens (primary N) is 1. The number of imidazole rings is 2. The first kappa shape index (κ1) is 22.7. The number of hydrogen-bond acceptors (Lipinski definition) is 7. The maximum absolute atomic E-state index is 13.2. The van der Waals surface area contributed by atoms with Crippen LogP contribution in [0, 0.1) is 5.41 Å². The van der Waals surface area contributed by atoms with E-state index < -0.39 is 5.54 Å². The number of hydrogen-bond donors (Lipinski definition) is 3. The first-order valence-corrected chi connectivity index (χ1v) is 10.6. The van der Waals surface area contributed by atoms with Crippen LogP contribution in [0.1, 0.15) is 36.7 Å². The van der Waals surface area contributed by atoms with E-state index in [-0.39, 0.29) is 12.5 Å². The van der Waals surface area contributed by atoms with Gasteiger partial charge in [0.15, 0.2) is 0 Å². The van der Waals surface area contributed by atoms with Gasteiger partial charge in [0.25, 0.3) is 5.91 Å². The first-order valence-electron chi connectivity index (χ1n) is 10.6. The number of aromatic nitrogens is 5. The van der Waals surface area contributed by atoms with E-state index in [0.29, 0.717) is 39.9 Å². The number of carbonyl (C=O) groups is 1. The van der Waals surface area contributed by atoms with Gasteiger partial charge in [0.2, 0.25) is 0 Å². The van der Waals surface area contributed by atoms with Gasteiger partial charge in [0.1, 0.15) is 36.6 Å². The van der Waals surface area contributed by atoms with Crippen LogP contribution in [0.5, 0.6) is 5.75 Å². The third-order valence-electron chi connectivity index (χ3n) is 5.07.